The van der Waals surface area contributed by atoms with E-state index >= 15 is 0 Å². The van der Waals surface area contributed by atoms with Gasteiger partial charge in [0.05, 0.1) is 16.4 Å². The molecular formula is C20H19N3O5S2. The Morgan fingerprint density at radius 1 is 1.27 bits per heavy atom. The van der Waals surface area contributed by atoms with E-state index in [-0.39, 0.29) is 17.5 Å². The third-order valence-electron chi connectivity index (χ3n) is 4.03. The molecule has 1 aromatic carbocycles. The van der Waals surface area contributed by atoms with E-state index in [0.717, 1.165) is 18.2 Å². The number of nitrogens with zero attached hydrogens (tertiary/aromatic N) is 3. The number of nitro groups is 1. The molecule has 2 aromatic rings. The molecule has 2 heterocycles. The van der Waals surface area contributed by atoms with Crippen LogP contribution in [0.2, 0.25) is 0 Å². The summed E-state index contributed by atoms with van der Waals surface area (Å²) in [6.45, 7) is 4.85. The van der Waals surface area contributed by atoms with Crippen molar-refractivity contribution in [2.45, 2.75) is 20.3 Å². The highest BCUT2D eigenvalue weighted by Gasteiger charge is 2.31. The highest BCUT2D eigenvalue weighted by Crippen LogP contribution is 2.36. The fraction of sp³-hybridized carbons (Fsp3) is 0.250. The first-order valence-electron chi connectivity index (χ1n) is 9.23. The van der Waals surface area contributed by atoms with Crippen LogP contribution < -0.4 is 9.47 Å². The first-order chi connectivity index (χ1) is 14.4. The Balaban J connectivity index is 1.84. The number of hydrogen-bond donors (Lipinski definition) is 0. The minimum absolute atomic E-state index is 0.0970. The predicted octanol–water partition coefficient (Wildman–Crippen LogP) is 4.79. The van der Waals surface area contributed by atoms with Crippen molar-refractivity contribution in [3.05, 3.63) is 57.1 Å². The van der Waals surface area contributed by atoms with Gasteiger partial charge in [0.25, 0.3) is 11.6 Å². The van der Waals surface area contributed by atoms with Gasteiger partial charge in [-0.2, -0.15) is 0 Å². The molecule has 1 aliphatic rings. The summed E-state index contributed by atoms with van der Waals surface area (Å²) in [6, 6.07) is 7.98. The molecule has 10 heteroatoms. The maximum absolute atomic E-state index is 12.5. The van der Waals surface area contributed by atoms with Gasteiger partial charge in [-0.25, -0.2) is 4.98 Å². The fourth-order valence-electron chi connectivity index (χ4n) is 2.69. The van der Waals surface area contributed by atoms with Gasteiger partial charge in [0.1, 0.15) is 10.5 Å². The van der Waals surface area contributed by atoms with Crippen LogP contribution >= 0.6 is 24.0 Å². The summed E-state index contributed by atoms with van der Waals surface area (Å²) in [6.07, 6.45) is 3.73. The number of hydrogen-bond acceptors (Lipinski definition) is 8. The normalized spacial score (nSPS) is 15.0. The molecule has 1 saturated heterocycles. The van der Waals surface area contributed by atoms with Crippen molar-refractivity contribution in [2.75, 3.05) is 13.2 Å². The van der Waals surface area contributed by atoms with Crippen LogP contribution in [0.3, 0.4) is 0 Å². The van der Waals surface area contributed by atoms with Crippen molar-refractivity contribution in [3.8, 4) is 17.4 Å². The lowest BCUT2D eigenvalue weighted by Gasteiger charge is -2.12. The number of ether oxygens (including phenoxy) is 2. The van der Waals surface area contributed by atoms with E-state index in [2.05, 4.69) is 4.98 Å². The van der Waals surface area contributed by atoms with Gasteiger partial charge in [-0.15, -0.1) is 0 Å². The van der Waals surface area contributed by atoms with E-state index in [1.54, 1.807) is 29.2 Å². The van der Waals surface area contributed by atoms with Gasteiger partial charge in [0.2, 0.25) is 5.88 Å². The zero-order valence-corrected chi connectivity index (χ0v) is 18.0. The molecule has 30 heavy (non-hydrogen) atoms. The SMILES string of the molecule is CCCN1C(=O)/C(=C\c2ccc(Oc3ccc([N+](=O)[O-])cn3)c(OCC)c2)SC1=S. The van der Waals surface area contributed by atoms with Gasteiger partial charge >= 0.3 is 0 Å². The van der Waals surface area contributed by atoms with Crippen molar-refractivity contribution >= 4 is 46.0 Å². The van der Waals surface area contributed by atoms with Gasteiger partial charge in [0.15, 0.2) is 11.5 Å². The Labute approximate surface area is 183 Å². The number of amides is 1. The van der Waals surface area contributed by atoms with Crippen LogP contribution in [-0.4, -0.2) is 38.2 Å². The lowest BCUT2D eigenvalue weighted by Crippen LogP contribution is -2.28. The number of thioether (sulfide) groups is 1. The van der Waals surface area contributed by atoms with E-state index in [1.807, 2.05) is 13.8 Å². The average molecular weight is 446 g/mol. The van der Waals surface area contributed by atoms with E-state index in [0.29, 0.717) is 33.9 Å². The second-order valence-electron chi connectivity index (χ2n) is 6.19. The molecule has 0 spiro atoms. The van der Waals surface area contributed by atoms with Crippen molar-refractivity contribution in [3.63, 3.8) is 0 Å². The Kier molecular flexibility index (Phi) is 7.01. The third kappa shape index (κ3) is 4.95. The molecule has 0 N–H and O–H groups in total. The van der Waals surface area contributed by atoms with Crippen molar-refractivity contribution in [1.82, 2.24) is 9.88 Å². The number of carbonyl (C=O) groups excluding carboxylic acids is 1. The summed E-state index contributed by atoms with van der Waals surface area (Å²) in [4.78, 5) is 28.9. The van der Waals surface area contributed by atoms with Crippen LogP contribution in [-0.2, 0) is 4.79 Å². The molecule has 3 rings (SSSR count). The molecule has 156 valence electrons. The Hall–Kier alpha value is -2.98. The molecule has 0 saturated carbocycles. The van der Waals surface area contributed by atoms with Crippen molar-refractivity contribution in [2.24, 2.45) is 0 Å². The molecule has 0 unspecified atom stereocenters. The van der Waals surface area contributed by atoms with E-state index in [9.17, 15) is 14.9 Å². The van der Waals surface area contributed by atoms with Crippen LogP contribution in [0.1, 0.15) is 25.8 Å². The number of carbonyl (C=O) groups is 1. The Morgan fingerprint density at radius 3 is 2.70 bits per heavy atom. The third-order valence-corrected chi connectivity index (χ3v) is 5.41. The van der Waals surface area contributed by atoms with E-state index in [1.165, 1.54) is 23.9 Å². The van der Waals surface area contributed by atoms with Gasteiger partial charge in [-0.3, -0.25) is 19.8 Å². The molecule has 1 amide bonds. The topological polar surface area (TPSA) is 94.8 Å². The monoisotopic (exact) mass is 445 g/mol. The molecule has 0 bridgehead atoms. The second-order valence-corrected chi connectivity index (χ2v) is 7.86. The first-order valence-corrected chi connectivity index (χ1v) is 10.5. The van der Waals surface area contributed by atoms with Crippen molar-refractivity contribution in [1.29, 1.82) is 0 Å². The second kappa shape index (κ2) is 9.68. The molecule has 1 aromatic heterocycles. The van der Waals surface area contributed by atoms with Crippen LogP contribution in [0.25, 0.3) is 6.08 Å². The van der Waals surface area contributed by atoms with E-state index < -0.39 is 4.92 Å². The summed E-state index contributed by atoms with van der Waals surface area (Å²) in [5.41, 5.74) is 0.641. The fourth-order valence-corrected chi connectivity index (χ4v) is 4.00. The summed E-state index contributed by atoms with van der Waals surface area (Å²) < 4.78 is 12.0. The minimum atomic E-state index is -0.527. The number of pyridine rings is 1. The van der Waals surface area contributed by atoms with Crippen LogP contribution in [0.15, 0.2) is 41.4 Å². The maximum Gasteiger partial charge on any atom is 0.287 e. The standard InChI is InChI=1S/C20H19N3O5S2/c1-3-9-22-19(24)17(30-20(22)29)11-13-5-7-15(16(10-13)27-4-2)28-18-8-6-14(12-21-18)23(25)26/h5-8,10-12H,3-4,9H2,1-2H3/b17-11+. The summed E-state index contributed by atoms with van der Waals surface area (Å²) in [5, 5.41) is 10.8. The van der Waals surface area contributed by atoms with Crippen molar-refractivity contribution < 1.29 is 19.2 Å². The molecule has 0 radical (unpaired) electrons. The smallest absolute Gasteiger partial charge is 0.287 e. The Morgan fingerprint density at radius 2 is 2.07 bits per heavy atom. The quantitative estimate of drug-likeness (QED) is 0.248. The maximum atomic E-state index is 12.5. The first kappa shape index (κ1) is 21.7. The van der Waals surface area contributed by atoms with Crippen LogP contribution in [0.4, 0.5) is 5.69 Å². The Bertz CT molecular complexity index is 1010. The number of benzene rings is 1. The lowest BCUT2D eigenvalue weighted by molar-refractivity contribution is -0.385. The number of aromatic nitrogens is 1. The van der Waals surface area contributed by atoms with Crippen LogP contribution in [0, 0.1) is 10.1 Å². The molecule has 0 aliphatic carbocycles. The highest BCUT2D eigenvalue weighted by atomic mass is 32.2. The molecule has 0 atom stereocenters. The summed E-state index contributed by atoms with van der Waals surface area (Å²) >= 11 is 6.57. The highest BCUT2D eigenvalue weighted by molar-refractivity contribution is 8.26. The molecule has 8 nitrogen and oxygen atoms in total. The molecule has 1 aliphatic heterocycles. The van der Waals surface area contributed by atoms with Gasteiger partial charge in [-0.1, -0.05) is 37.0 Å². The zero-order chi connectivity index (χ0) is 21.7. The average Bonchev–Trinajstić information content (AvgIpc) is 2.98. The summed E-state index contributed by atoms with van der Waals surface area (Å²) in [7, 11) is 0. The zero-order valence-electron chi connectivity index (χ0n) is 16.4. The van der Waals surface area contributed by atoms with Gasteiger partial charge in [0, 0.05) is 18.7 Å². The van der Waals surface area contributed by atoms with Crippen LogP contribution in [0.5, 0.6) is 17.4 Å². The number of rotatable bonds is 8. The van der Waals surface area contributed by atoms with Gasteiger partial charge in [-0.05, 0) is 37.1 Å². The lowest BCUT2D eigenvalue weighted by atomic mass is 10.2. The number of thiocarbonyl (C=S) groups is 1. The summed E-state index contributed by atoms with van der Waals surface area (Å²) in [5.74, 6) is 0.985. The van der Waals surface area contributed by atoms with Gasteiger partial charge < -0.3 is 9.47 Å². The largest absolute Gasteiger partial charge is 0.490 e. The molecular weight excluding hydrogens is 426 g/mol. The predicted molar refractivity (Wildman–Crippen MR) is 119 cm³/mol. The van der Waals surface area contributed by atoms with E-state index in [4.69, 9.17) is 21.7 Å². The molecule has 1 fully saturated rings. The minimum Gasteiger partial charge on any atom is -0.490 e.